The van der Waals surface area contributed by atoms with E-state index in [0.29, 0.717) is 13.1 Å². The van der Waals surface area contributed by atoms with Gasteiger partial charge in [-0.1, -0.05) is 0 Å². The van der Waals surface area contributed by atoms with Crippen molar-refractivity contribution >= 4 is 27.8 Å². The van der Waals surface area contributed by atoms with Crippen LogP contribution < -0.4 is 0 Å². The summed E-state index contributed by atoms with van der Waals surface area (Å²) in [5, 5.41) is 8.44. The van der Waals surface area contributed by atoms with E-state index in [1.165, 1.54) is 4.31 Å². The lowest BCUT2D eigenvalue weighted by Gasteiger charge is -2.18. The highest BCUT2D eigenvalue weighted by Crippen LogP contribution is 2.13. The molecule has 88 valence electrons. The molecule has 1 aliphatic heterocycles. The van der Waals surface area contributed by atoms with E-state index >= 15 is 0 Å². The summed E-state index contributed by atoms with van der Waals surface area (Å²) in [5.41, 5.74) is 0. The molecule has 0 aromatic carbocycles. The second-order valence-corrected chi connectivity index (χ2v) is 6.64. The molecule has 7 heteroatoms. The summed E-state index contributed by atoms with van der Waals surface area (Å²) in [7, 11) is -3.36. The third-order valence-corrected chi connectivity index (χ3v) is 5.07. The predicted molar refractivity (Wildman–Crippen MR) is 59.6 cm³/mol. The average molecular weight is 253 g/mol. The molecular formula is C8H15NO4S2. The van der Waals surface area contributed by atoms with Gasteiger partial charge in [-0.3, -0.25) is 4.79 Å². The zero-order valence-corrected chi connectivity index (χ0v) is 10.0. The molecule has 0 bridgehead atoms. The molecule has 0 saturated carbocycles. The minimum absolute atomic E-state index is 0.285. The van der Waals surface area contributed by atoms with Gasteiger partial charge in [-0.05, 0) is 12.2 Å². The van der Waals surface area contributed by atoms with Gasteiger partial charge in [0, 0.05) is 18.8 Å². The molecule has 0 amide bonds. The van der Waals surface area contributed by atoms with E-state index in [-0.39, 0.29) is 12.2 Å². The topological polar surface area (TPSA) is 74.7 Å². The molecule has 0 aromatic heterocycles. The fourth-order valence-corrected chi connectivity index (χ4v) is 3.82. The van der Waals surface area contributed by atoms with E-state index in [1.54, 1.807) is 11.8 Å². The van der Waals surface area contributed by atoms with Gasteiger partial charge in [-0.25, -0.2) is 12.7 Å². The Hall–Kier alpha value is -0.270. The number of carboxylic acid groups (broad SMARTS) is 1. The van der Waals surface area contributed by atoms with Crippen molar-refractivity contribution in [2.45, 2.75) is 12.8 Å². The van der Waals surface area contributed by atoms with Crippen LogP contribution in [0.5, 0.6) is 0 Å². The SMILES string of the molecule is O=C(O)CCS(=O)(=O)N1CCCSCC1. The minimum atomic E-state index is -3.36. The van der Waals surface area contributed by atoms with Crippen LogP contribution in [0.2, 0.25) is 0 Å². The van der Waals surface area contributed by atoms with Crippen molar-refractivity contribution in [1.82, 2.24) is 4.31 Å². The van der Waals surface area contributed by atoms with Crippen LogP contribution in [0, 0.1) is 0 Å². The van der Waals surface area contributed by atoms with Crippen molar-refractivity contribution in [3.63, 3.8) is 0 Å². The summed E-state index contributed by atoms with van der Waals surface area (Å²) in [6, 6.07) is 0. The van der Waals surface area contributed by atoms with E-state index in [0.717, 1.165) is 17.9 Å². The quantitative estimate of drug-likeness (QED) is 0.776. The fourth-order valence-electron chi connectivity index (χ4n) is 1.35. The Labute approximate surface area is 93.9 Å². The van der Waals surface area contributed by atoms with Crippen LogP contribution in [-0.4, -0.2) is 54.1 Å². The van der Waals surface area contributed by atoms with Gasteiger partial charge >= 0.3 is 5.97 Å². The third-order valence-electron chi connectivity index (χ3n) is 2.15. The summed E-state index contributed by atoms with van der Waals surface area (Å²) >= 11 is 1.74. The Kier molecular flexibility index (Phi) is 4.88. The molecule has 1 saturated heterocycles. The largest absolute Gasteiger partial charge is 0.481 e. The summed E-state index contributed by atoms with van der Waals surface area (Å²) in [4.78, 5) is 10.3. The maximum atomic E-state index is 11.7. The van der Waals surface area contributed by atoms with Crippen molar-refractivity contribution < 1.29 is 18.3 Å². The number of hydrogen-bond donors (Lipinski definition) is 1. The van der Waals surface area contributed by atoms with Gasteiger partial charge in [0.15, 0.2) is 0 Å². The minimum Gasteiger partial charge on any atom is -0.481 e. The van der Waals surface area contributed by atoms with Gasteiger partial charge in [0.05, 0.1) is 12.2 Å². The lowest BCUT2D eigenvalue weighted by atomic mass is 10.5. The number of hydrogen-bond acceptors (Lipinski definition) is 4. The predicted octanol–water partition coefficient (Wildman–Crippen LogP) is 0.230. The highest BCUT2D eigenvalue weighted by atomic mass is 32.2. The Morgan fingerprint density at radius 3 is 2.73 bits per heavy atom. The number of sulfonamides is 1. The van der Waals surface area contributed by atoms with Gasteiger partial charge in [0.2, 0.25) is 10.0 Å². The maximum absolute atomic E-state index is 11.7. The van der Waals surface area contributed by atoms with Crippen molar-refractivity contribution in [2.75, 3.05) is 30.3 Å². The second-order valence-electron chi connectivity index (χ2n) is 3.32. The zero-order chi connectivity index (χ0) is 11.3. The van der Waals surface area contributed by atoms with Crippen LogP contribution in [-0.2, 0) is 14.8 Å². The molecule has 0 spiro atoms. The molecule has 15 heavy (non-hydrogen) atoms. The second kappa shape index (κ2) is 5.72. The molecule has 0 atom stereocenters. The molecule has 1 N–H and O–H groups in total. The molecule has 0 aliphatic carbocycles. The van der Waals surface area contributed by atoms with E-state index in [9.17, 15) is 13.2 Å². The van der Waals surface area contributed by atoms with Crippen molar-refractivity contribution in [2.24, 2.45) is 0 Å². The molecule has 1 fully saturated rings. The first-order valence-corrected chi connectivity index (χ1v) is 7.56. The van der Waals surface area contributed by atoms with Crippen molar-refractivity contribution in [3.8, 4) is 0 Å². The normalized spacial score (nSPS) is 19.7. The number of nitrogens with zero attached hydrogens (tertiary/aromatic N) is 1. The van der Waals surface area contributed by atoms with E-state index in [1.807, 2.05) is 0 Å². The van der Waals surface area contributed by atoms with E-state index in [2.05, 4.69) is 0 Å². The smallest absolute Gasteiger partial charge is 0.304 e. The standard InChI is InChI=1S/C8H15NO4S2/c10-8(11)2-7-15(12,13)9-3-1-5-14-6-4-9/h1-7H2,(H,10,11). The molecule has 1 aliphatic rings. The summed E-state index contributed by atoms with van der Waals surface area (Å²) in [6.45, 7) is 1.03. The Morgan fingerprint density at radius 2 is 2.07 bits per heavy atom. The molecule has 0 radical (unpaired) electrons. The van der Waals surface area contributed by atoms with Gasteiger partial charge in [0.1, 0.15) is 0 Å². The maximum Gasteiger partial charge on any atom is 0.304 e. The first-order valence-electron chi connectivity index (χ1n) is 4.80. The number of carbonyl (C=O) groups is 1. The van der Waals surface area contributed by atoms with Gasteiger partial charge < -0.3 is 5.11 Å². The number of thioether (sulfide) groups is 1. The average Bonchev–Trinajstić information content (AvgIpc) is 2.43. The van der Waals surface area contributed by atoms with Crippen molar-refractivity contribution in [1.29, 1.82) is 0 Å². The first kappa shape index (κ1) is 12.8. The van der Waals surface area contributed by atoms with E-state index in [4.69, 9.17) is 5.11 Å². The molecule has 0 unspecified atom stereocenters. The van der Waals surface area contributed by atoms with E-state index < -0.39 is 16.0 Å². The third kappa shape index (κ3) is 4.40. The molecule has 1 heterocycles. The number of carboxylic acids is 1. The van der Waals surface area contributed by atoms with Crippen LogP contribution in [0.15, 0.2) is 0 Å². The Morgan fingerprint density at radius 1 is 1.33 bits per heavy atom. The highest BCUT2D eigenvalue weighted by Gasteiger charge is 2.23. The molecule has 5 nitrogen and oxygen atoms in total. The van der Waals surface area contributed by atoms with Crippen LogP contribution in [0.25, 0.3) is 0 Å². The number of aliphatic carboxylic acids is 1. The molecule has 0 aromatic rings. The molecule has 1 rings (SSSR count). The van der Waals surface area contributed by atoms with Gasteiger partial charge in [-0.15, -0.1) is 0 Å². The Bertz CT molecular complexity index is 307. The van der Waals surface area contributed by atoms with Crippen LogP contribution in [0.1, 0.15) is 12.8 Å². The summed E-state index contributed by atoms with van der Waals surface area (Å²) in [6.07, 6.45) is 0.531. The monoisotopic (exact) mass is 253 g/mol. The van der Waals surface area contributed by atoms with Crippen LogP contribution >= 0.6 is 11.8 Å². The van der Waals surface area contributed by atoms with Crippen LogP contribution in [0.4, 0.5) is 0 Å². The lowest BCUT2D eigenvalue weighted by molar-refractivity contribution is -0.136. The fraction of sp³-hybridized carbons (Fsp3) is 0.875. The van der Waals surface area contributed by atoms with Gasteiger partial charge in [-0.2, -0.15) is 11.8 Å². The van der Waals surface area contributed by atoms with Crippen molar-refractivity contribution in [3.05, 3.63) is 0 Å². The highest BCUT2D eigenvalue weighted by molar-refractivity contribution is 7.99. The number of rotatable bonds is 4. The first-order chi connectivity index (χ1) is 7.02. The molecular weight excluding hydrogens is 238 g/mol. The van der Waals surface area contributed by atoms with Crippen LogP contribution in [0.3, 0.4) is 0 Å². The lowest BCUT2D eigenvalue weighted by Crippen LogP contribution is -2.35. The summed E-state index contributed by atoms with van der Waals surface area (Å²) < 4.78 is 24.8. The van der Waals surface area contributed by atoms with Gasteiger partial charge in [0.25, 0.3) is 0 Å². The zero-order valence-electron chi connectivity index (χ0n) is 8.39. The Balaban J connectivity index is 2.54. The summed E-state index contributed by atoms with van der Waals surface area (Å²) in [5.74, 6) is 0.423.